The zero-order valence-electron chi connectivity index (χ0n) is 6.24. The SMILES string of the molecule is Cc1ccsc1-c1noc(Cl)n1. The van der Waals surface area contributed by atoms with E-state index in [2.05, 4.69) is 14.7 Å². The van der Waals surface area contributed by atoms with Gasteiger partial charge in [0.25, 0.3) is 0 Å². The molecular weight excluding hydrogens is 196 g/mol. The summed E-state index contributed by atoms with van der Waals surface area (Å²) in [7, 11) is 0. The minimum atomic E-state index is 0.0813. The third kappa shape index (κ3) is 1.23. The van der Waals surface area contributed by atoms with Crippen molar-refractivity contribution in [1.82, 2.24) is 10.1 Å². The molecule has 0 aliphatic carbocycles. The second kappa shape index (κ2) is 2.88. The first-order chi connectivity index (χ1) is 5.77. The molecule has 0 saturated heterocycles. The van der Waals surface area contributed by atoms with Gasteiger partial charge < -0.3 is 4.52 Å². The molecule has 2 heterocycles. The lowest BCUT2D eigenvalue weighted by molar-refractivity contribution is 0.421. The Morgan fingerprint density at radius 1 is 1.58 bits per heavy atom. The molecule has 2 rings (SSSR count). The second-order valence-corrected chi connectivity index (χ2v) is 3.54. The van der Waals surface area contributed by atoms with E-state index in [9.17, 15) is 0 Å². The summed E-state index contributed by atoms with van der Waals surface area (Å²) in [4.78, 5) is 4.92. The molecule has 0 spiro atoms. The fourth-order valence-electron chi connectivity index (χ4n) is 0.899. The van der Waals surface area contributed by atoms with Crippen LogP contribution in [0, 0.1) is 6.92 Å². The van der Waals surface area contributed by atoms with E-state index in [-0.39, 0.29) is 5.35 Å². The van der Waals surface area contributed by atoms with E-state index in [0.29, 0.717) is 5.82 Å². The predicted molar refractivity (Wildman–Crippen MR) is 47.4 cm³/mol. The number of thiophene rings is 1. The third-order valence-electron chi connectivity index (χ3n) is 1.47. The van der Waals surface area contributed by atoms with E-state index in [1.165, 1.54) is 0 Å². The molecule has 0 unspecified atom stereocenters. The fourth-order valence-corrected chi connectivity index (χ4v) is 1.86. The van der Waals surface area contributed by atoms with Gasteiger partial charge in [0.15, 0.2) is 0 Å². The molecule has 0 atom stereocenters. The molecule has 2 aromatic rings. The Morgan fingerprint density at radius 3 is 2.92 bits per heavy atom. The molecule has 0 N–H and O–H groups in total. The van der Waals surface area contributed by atoms with Crippen LogP contribution in [0.25, 0.3) is 10.7 Å². The molecule has 0 radical (unpaired) electrons. The van der Waals surface area contributed by atoms with E-state index in [4.69, 9.17) is 11.6 Å². The van der Waals surface area contributed by atoms with E-state index in [0.717, 1.165) is 10.4 Å². The Hall–Kier alpha value is -0.870. The van der Waals surface area contributed by atoms with Crippen LogP contribution in [0.5, 0.6) is 0 Å². The molecule has 0 saturated carbocycles. The minimum Gasteiger partial charge on any atom is -0.321 e. The van der Waals surface area contributed by atoms with Gasteiger partial charge in [0, 0.05) is 0 Å². The van der Waals surface area contributed by atoms with Crippen molar-refractivity contribution in [1.29, 1.82) is 0 Å². The van der Waals surface area contributed by atoms with Crippen LogP contribution in [0.2, 0.25) is 5.35 Å². The van der Waals surface area contributed by atoms with Crippen LogP contribution < -0.4 is 0 Å². The number of rotatable bonds is 1. The van der Waals surface area contributed by atoms with Crippen molar-refractivity contribution in [2.45, 2.75) is 6.92 Å². The average Bonchev–Trinajstić information content (AvgIpc) is 2.58. The summed E-state index contributed by atoms with van der Waals surface area (Å²) in [6, 6.07) is 2.00. The highest BCUT2D eigenvalue weighted by Gasteiger charge is 2.09. The molecule has 62 valence electrons. The van der Waals surface area contributed by atoms with Crippen LogP contribution >= 0.6 is 22.9 Å². The summed E-state index contributed by atoms with van der Waals surface area (Å²) in [6.07, 6.45) is 0. The van der Waals surface area contributed by atoms with E-state index in [1.54, 1.807) is 11.3 Å². The lowest BCUT2D eigenvalue weighted by Crippen LogP contribution is -1.77. The Morgan fingerprint density at radius 2 is 2.42 bits per heavy atom. The molecule has 0 amide bonds. The van der Waals surface area contributed by atoms with Crippen LogP contribution in [-0.4, -0.2) is 10.1 Å². The first kappa shape index (κ1) is 7.76. The van der Waals surface area contributed by atoms with Crippen molar-refractivity contribution in [3.05, 3.63) is 22.4 Å². The monoisotopic (exact) mass is 200 g/mol. The molecule has 0 aromatic carbocycles. The number of hydrogen-bond acceptors (Lipinski definition) is 4. The topological polar surface area (TPSA) is 38.9 Å². The summed E-state index contributed by atoms with van der Waals surface area (Å²) in [6.45, 7) is 2.00. The number of nitrogens with zero attached hydrogens (tertiary/aromatic N) is 2. The quantitative estimate of drug-likeness (QED) is 0.711. The largest absolute Gasteiger partial charge is 0.321 e. The van der Waals surface area contributed by atoms with Crippen LogP contribution in [0.1, 0.15) is 5.56 Å². The maximum atomic E-state index is 5.49. The number of aryl methyl sites for hydroxylation is 1. The maximum absolute atomic E-state index is 5.49. The highest BCUT2D eigenvalue weighted by molar-refractivity contribution is 7.13. The van der Waals surface area contributed by atoms with Gasteiger partial charge in [0.1, 0.15) is 0 Å². The second-order valence-electron chi connectivity index (χ2n) is 2.30. The predicted octanol–water partition coefficient (Wildman–Crippen LogP) is 2.76. The molecule has 0 fully saturated rings. The minimum absolute atomic E-state index is 0.0813. The Labute approximate surface area is 78.0 Å². The molecule has 2 aromatic heterocycles. The summed E-state index contributed by atoms with van der Waals surface area (Å²) in [5.74, 6) is 0.563. The molecular formula is C7H5ClN2OS. The molecule has 0 aliphatic heterocycles. The number of aromatic nitrogens is 2. The fraction of sp³-hybridized carbons (Fsp3) is 0.143. The summed E-state index contributed by atoms with van der Waals surface area (Å²) in [5, 5.41) is 5.77. The van der Waals surface area contributed by atoms with Gasteiger partial charge in [-0.25, -0.2) is 0 Å². The van der Waals surface area contributed by atoms with Crippen molar-refractivity contribution >= 4 is 22.9 Å². The summed E-state index contributed by atoms with van der Waals surface area (Å²) < 4.78 is 4.65. The van der Waals surface area contributed by atoms with Crippen molar-refractivity contribution in [2.75, 3.05) is 0 Å². The zero-order chi connectivity index (χ0) is 8.55. The van der Waals surface area contributed by atoms with Gasteiger partial charge in [0.05, 0.1) is 4.88 Å². The van der Waals surface area contributed by atoms with Crippen LogP contribution in [0.15, 0.2) is 16.0 Å². The normalized spacial score (nSPS) is 10.5. The first-order valence-corrected chi connectivity index (χ1v) is 4.57. The van der Waals surface area contributed by atoms with Crippen LogP contribution in [-0.2, 0) is 0 Å². The third-order valence-corrected chi connectivity index (χ3v) is 2.63. The maximum Gasteiger partial charge on any atom is 0.320 e. The average molecular weight is 201 g/mol. The van der Waals surface area contributed by atoms with Crippen molar-refractivity contribution in [3.63, 3.8) is 0 Å². The highest BCUT2D eigenvalue weighted by Crippen LogP contribution is 2.26. The summed E-state index contributed by atoms with van der Waals surface area (Å²) in [5.41, 5.74) is 1.14. The van der Waals surface area contributed by atoms with E-state index >= 15 is 0 Å². The Balaban J connectivity index is 2.50. The summed E-state index contributed by atoms with van der Waals surface area (Å²) >= 11 is 7.07. The van der Waals surface area contributed by atoms with Gasteiger partial charge in [-0.1, -0.05) is 5.16 Å². The van der Waals surface area contributed by atoms with Crippen molar-refractivity contribution in [3.8, 4) is 10.7 Å². The lowest BCUT2D eigenvalue weighted by atomic mass is 10.3. The van der Waals surface area contributed by atoms with Crippen LogP contribution in [0.3, 0.4) is 0 Å². The lowest BCUT2D eigenvalue weighted by Gasteiger charge is -1.87. The smallest absolute Gasteiger partial charge is 0.320 e. The molecule has 12 heavy (non-hydrogen) atoms. The first-order valence-electron chi connectivity index (χ1n) is 3.31. The number of hydrogen-bond donors (Lipinski definition) is 0. The standard InChI is InChI=1S/C7H5ClN2OS/c1-4-2-3-12-5(4)6-9-7(8)11-10-6/h2-3H,1H3. The van der Waals surface area contributed by atoms with Crippen molar-refractivity contribution in [2.24, 2.45) is 0 Å². The highest BCUT2D eigenvalue weighted by atomic mass is 35.5. The Kier molecular flexibility index (Phi) is 1.86. The van der Waals surface area contributed by atoms with Crippen molar-refractivity contribution < 1.29 is 4.52 Å². The van der Waals surface area contributed by atoms with Gasteiger partial charge in [0.2, 0.25) is 5.82 Å². The van der Waals surface area contributed by atoms with E-state index < -0.39 is 0 Å². The number of halogens is 1. The Bertz CT molecular complexity index is 396. The molecule has 3 nitrogen and oxygen atoms in total. The van der Waals surface area contributed by atoms with E-state index in [1.807, 2.05) is 18.4 Å². The van der Waals surface area contributed by atoms with Gasteiger partial charge >= 0.3 is 5.35 Å². The van der Waals surface area contributed by atoms with Gasteiger partial charge in [-0.2, -0.15) is 4.98 Å². The molecule has 0 aliphatic rings. The molecule has 0 bridgehead atoms. The van der Waals surface area contributed by atoms with Gasteiger partial charge in [-0.3, -0.25) is 0 Å². The van der Waals surface area contributed by atoms with Gasteiger partial charge in [-0.05, 0) is 35.5 Å². The van der Waals surface area contributed by atoms with Crippen LogP contribution in [0.4, 0.5) is 0 Å². The zero-order valence-corrected chi connectivity index (χ0v) is 7.82. The molecule has 5 heteroatoms. The van der Waals surface area contributed by atoms with Gasteiger partial charge in [-0.15, -0.1) is 11.3 Å².